The summed E-state index contributed by atoms with van der Waals surface area (Å²) in [5.74, 6) is 0.650. The molecule has 0 radical (unpaired) electrons. The van der Waals surface area contributed by atoms with E-state index in [4.69, 9.17) is 9.15 Å². The molecule has 4 aromatic rings. The van der Waals surface area contributed by atoms with Gasteiger partial charge >= 0.3 is 0 Å². The summed E-state index contributed by atoms with van der Waals surface area (Å²) in [7, 11) is 0. The lowest BCUT2D eigenvalue weighted by molar-refractivity contribution is 0.134. The van der Waals surface area contributed by atoms with E-state index in [1.165, 1.54) is 0 Å². The van der Waals surface area contributed by atoms with Gasteiger partial charge in [0.05, 0.1) is 30.9 Å². The van der Waals surface area contributed by atoms with Crippen LogP contribution >= 0.6 is 0 Å². The normalized spacial score (nSPS) is 10.9. The van der Waals surface area contributed by atoms with Crippen molar-refractivity contribution in [1.82, 2.24) is 20.0 Å². The third-order valence-electron chi connectivity index (χ3n) is 4.36. The van der Waals surface area contributed by atoms with Crippen LogP contribution in [0.4, 0.5) is 11.7 Å². The Bertz CT molecular complexity index is 1060. The Hall–Kier alpha value is -3.45. The fraction of sp³-hybridized carbons (Fsp3) is 0.190. The maximum absolute atomic E-state index is 5.97. The van der Waals surface area contributed by atoms with Gasteiger partial charge in [-0.05, 0) is 43.2 Å². The Morgan fingerprint density at radius 2 is 2.07 bits per heavy atom. The van der Waals surface area contributed by atoms with Gasteiger partial charge in [0.1, 0.15) is 0 Å². The van der Waals surface area contributed by atoms with Crippen molar-refractivity contribution >= 4 is 11.7 Å². The van der Waals surface area contributed by atoms with Crippen molar-refractivity contribution in [2.24, 2.45) is 0 Å². The van der Waals surface area contributed by atoms with E-state index >= 15 is 0 Å². The monoisotopic (exact) mass is 375 g/mol. The largest absolute Gasteiger partial charge is 0.423 e. The van der Waals surface area contributed by atoms with E-state index in [0.29, 0.717) is 25.0 Å². The van der Waals surface area contributed by atoms with Crippen molar-refractivity contribution in [2.45, 2.75) is 20.5 Å². The predicted octanol–water partition coefficient (Wildman–Crippen LogP) is 4.51. The van der Waals surface area contributed by atoms with Crippen molar-refractivity contribution in [2.75, 3.05) is 11.9 Å². The molecule has 0 aliphatic heterocycles. The molecule has 2 aromatic heterocycles. The number of oxazole rings is 1. The first-order valence-electron chi connectivity index (χ1n) is 9.11. The summed E-state index contributed by atoms with van der Waals surface area (Å²) in [6, 6.07) is 14.4. The zero-order valence-corrected chi connectivity index (χ0v) is 15.8. The van der Waals surface area contributed by atoms with Crippen LogP contribution in [0, 0.1) is 6.92 Å². The van der Waals surface area contributed by atoms with Gasteiger partial charge in [0.25, 0.3) is 6.01 Å². The summed E-state index contributed by atoms with van der Waals surface area (Å²) in [6.45, 7) is 5.29. The summed E-state index contributed by atoms with van der Waals surface area (Å²) < 4.78 is 13.2. The zero-order chi connectivity index (χ0) is 19.3. The lowest BCUT2D eigenvalue weighted by atomic mass is 10.1. The third-order valence-corrected chi connectivity index (χ3v) is 4.36. The first-order valence-corrected chi connectivity index (χ1v) is 9.11. The van der Waals surface area contributed by atoms with E-state index in [1.54, 1.807) is 23.3 Å². The minimum absolute atomic E-state index is 0.431. The van der Waals surface area contributed by atoms with Crippen molar-refractivity contribution in [1.29, 1.82) is 0 Å². The van der Waals surface area contributed by atoms with Crippen LogP contribution in [-0.2, 0) is 11.3 Å². The maximum Gasteiger partial charge on any atom is 0.299 e. The van der Waals surface area contributed by atoms with E-state index in [9.17, 15) is 0 Å². The van der Waals surface area contributed by atoms with Crippen molar-refractivity contribution in [3.63, 3.8) is 0 Å². The second-order valence-corrected chi connectivity index (χ2v) is 6.31. The molecular weight excluding hydrogens is 354 g/mol. The van der Waals surface area contributed by atoms with E-state index < -0.39 is 0 Å². The standard InChI is InChI=1S/C21H21N5O2/c1-3-27-14-16-9-8-15(2)18(12-16)24-21-22-13-20(28-21)17-6-4-5-7-19(17)26-11-10-23-25-26/h4-13H,3,14H2,1-2H3,(H,22,24). The highest BCUT2D eigenvalue weighted by Crippen LogP contribution is 2.30. The number of hydrogen-bond donors (Lipinski definition) is 1. The van der Waals surface area contributed by atoms with Crippen LogP contribution in [0.5, 0.6) is 0 Å². The Labute approximate surface area is 163 Å². The van der Waals surface area contributed by atoms with Gasteiger partial charge in [-0.2, -0.15) is 0 Å². The molecule has 0 atom stereocenters. The highest BCUT2D eigenvalue weighted by molar-refractivity contribution is 5.69. The van der Waals surface area contributed by atoms with Crippen molar-refractivity contribution in [3.05, 3.63) is 72.2 Å². The molecule has 2 aromatic carbocycles. The molecule has 4 rings (SSSR count). The van der Waals surface area contributed by atoms with Gasteiger partial charge < -0.3 is 14.5 Å². The number of anilines is 2. The lowest BCUT2D eigenvalue weighted by Crippen LogP contribution is -1.97. The molecule has 0 fully saturated rings. The molecule has 0 bridgehead atoms. The Kier molecular flexibility index (Phi) is 5.16. The quantitative estimate of drug-likeness (QED) is 0.512. The van der Waals surface area contributed by atoms with E-state index in [-0.39, 0.29) is 0 Å². The van der Waals surface area contributed by atoms with Gasteiger partial charge in [0, 0.05) is 17.9 Å². The maximum atomic E-state index is 5.97. The molecule has 142 valence electrons. The molecule has 0 amide bonds. The molecule has 1 N–H and O–H groups in total. The van der Waals surface area contributed by atoms with Crippen molar-refractivity contribution < 1.29 is 9.15 Å². The molecule has 0 aliphatic rings. The highest BCUT2D eigenvalue weighted by Gasteiger charge is 2.13. The van der Waals surface area contributed by atoms with Crippen LogP contribution in [0.2, 0.25) is 0 Å². The molecule has 2 heterocycles. The molecule has 0 aliphatic carbocycles. The second-order valence-electron chi connectivity index (χ2n) is 6.31. The summed E-state index contributed by atoms with van der Waals surface area (Å²) in [5, 5.41) is 11.2. The minimum Gasteiger partial charge on any atom is -0.423 e. The average Bonchev–Trinajstić information content (AvgIpc) is 3.41. The topological polar surface area (TPSA) is 78.0 Å². The lowest BCUT2D eigenvalue weighted by Gasteiger charge is -2.09. The van der Waals surface area contributed by atoms with Crippen molar-refractivity contribution in [3.8, 4) is 17.0 Å². The third kappa shape index (κ3) is 3.79. The molecule has 0 saturated carbocycles. The highest BCUT2D eigenvalue weighted by atomic mass is 16.5. The Balaban J connectivity index is 1.60. The van der Waals surface area contributed by atoms with E-state index in [0.717, 1.165) is 28.1 Å². The van der Waals surface area contributed by atoms with Crippen LogP contribution in [-0.4, -0.2) is 26.6 Å². The first kappa shape index (κ1) is 17.9. The summed E-state index contributed by atoms with van der Waals surface area (Å²) in [4.78, 5) is 4.39. The average molecular weight is 375 g/mol. The van der Waals surface area contributed by atoms with Crippen LogP contribution < -0.4 is 5.32 Å². The fourth-order valence-corrected chi connectivity index (χ4v) is 2.90. The molecular formula is C21H21N5O2. The second kappa shape index (κ2) is 8.06. The number of aryl methyl sites for hydroxylation is 1. The fourth-order valence-electron chi connectivity index (χ4n) is 2.90. The predicted molar refractivity (Wildman–Crippen MR) is 107 cm³/mol. The van der Waals surface area contributed by atoms with Gasteiger partial charge in [0.2, 0.25) is 0 Å². The summed E-state index contributed by atoms with van der Waals surface area (Å²) in [6.07, 6.45) is 5.14. The Morgan fingerprint density at radius 3 is 2.89 bits per heavy atom. The number of nitrogens with zero attached hydrogens (tertiary/aromatic N) is 4. The van der Waals surface area contributed by atoms with E-state index in [2.05, 4.69) is 38.8 Å². The number of aromatic nitrogens is 4. The molecule has 7 heteroatoms. The summed E-state index contributed by atoms with van der Waals surface area (Å²) in [5.41, 5.74) is 4.89. The molecule has 0 unspecified atom stereocenters. The van der Waals surface area contributed by atoms with Gasteiger partial charge in [0.15, 0.2) is 5.76 Å². The van der Waals surface area contributed by atoms with Crippen LogP contribution in [0.3, 0.4) is 0 Å². The number of nitrogens with one attached hydrogen (secondary N) is 1. The number of benzene rings is 2. The minimum atomic E-state index is 0.431. The number of rotatable bonds is 7. The number of ether oxygens (including phenoxy) is 1. The van der Waals surface area contributed by atoms with Gasteiger partial charge in [-0.25, -0.2) is 9.67 Å². The SMILES string of the molecule is CCOCc1ccc(C)c(Nc2ncc(-c3ccccc3-n3ccnn3)o2)c1. The molecule has 28 heavy (non-hydrogen) atoms. The zero-order valence-electron chi connectivity index (χ0n) is 15.8. The number of hydrogen-bond acceptors (Lipinski definition) is 6. The first-order chi connectivity index (χ1) is 13.7. The van der Waals surface area contributed by atoms with Gasteiger partial charge in [-0.1, -0.05) is 29.5 Å². The number of para-hydroxylation sites is 1. The van der Waals surface area contributed by atoms with Gasteiger partial charge in [-0.3, -0.25) is 0 Å². The molecule has 0 spiro atoms. The molecule has 0 saturated heterocycles. The smallest absolute Gasteiger partial charge is 0.299 e. The summed E-state index contributed by atoms with van der Waals surface area (Å²) >= 11 is 0. The van der Waals surface area contributed by atoms with E-state index in [1.807, 2.05) is 38.1 Å². The van der Waals surface area contributed by atoms with Crippen LogP contribution in [0.15, 0.2) is 65.5 Å². The Morgan fingerprint density at radius 1 is 1.18 bits per heavy atom. The molecule has 7 nitrogen and oxygen atoms in total. The van der Waals surface area contributed by atoms with Crippen LogP contribution in [0.1, 0.15) is 18.1 Å². The van der Waals surface area contributed by atoms with Crippen LogP contribution in [0.25, 0.3) is 17.0 Å². The van der Waals surface area contributed by atoms with Gasteiger partial charge in [-0.15, -0.1) is 5.10 Å².